The molecule has 0 aromatic heterocycles. The molecule has 0 aliphatic rings. The lowest BCUT2D eigenvalue weighted by Crippen LogP contribution is -2.02. The first-order valence-electron chi connectivity index (χ1n) is 5.24. The van der Waals surface area contributed by atoms with Gasteiger partial charge < -0.3 is 5.11 Å². The van der Waals surface area contributed by atoms with Crippen LogP contribution in [0, 0.1) is 3.57 Å². The second kappa shape index (κ2) is 5.46. The second-order valence-electron chi connectivity index (χ2n) is 3.72. The van der Waals surface area contributed by atoms with Crippen molar-refractivity contribution in [2.45, 2.75) is 12.5 Å². The van der Waals surface area contributed by atoms with E-state index in [1.165, 1.54) is 9.13 Å². The van der Waals surface area contributed by atoms with Gasteiger partial charge in [-0.1, -0.05) is 48.5 Å². The largest absolute Gasteiger partial charge is 0.388 e. The Balaban J connectivity index is 2.14. The molecule has 0 saturated carbocycles. The van der Waals surface area contributed by atoms with Gasteiger partial charge in [-0.15, -0.1) is 0 Å². The Bertz CT molecular complexity index is 453. The van der Waals surface area contributed by atoms with E-state index >= 15 is 0 Å². The minimum Gasteiger partial charge on any atom is -0.388 e. The molecule has 16 heavy (non-hydrogen) atoms. The van der Waals surface area contributed by atoms with Crippen LogP contribution >= 0.6 is 22.6 Å². The molecule has 2 rings (SSSR count). The van der Waals surface area contributed by atoms with Gasteiger partial charge in [-0.2, -0.15) is 0 Å². The highest BCUT2D eigenvalue weighted by molar-refractivity contribution is 14.1. The van der Waals surface area contributed by atoms with Gasteiger partial charge in [0.05, 0.1) is 6.10 Å². The minimum absolute atomic E-state index is 0.419. The lowest BCUT2D eigenvalue weighted by molar-refractivity contribution is 0.178. The molecule has 1 nitrogen and oxygen atoms in total. The molecular formula is C14H13IO. The summed E-state index contributed by atoms with van der Waals surface area (Å²) >= 11 is 2.30. The van der Waals surface area contributed by atoms with Gasteiger partial charge in [-0.05, 0) is 39.8 Å². The zero-order valence-corrected chi connectivity index (χ0v) is 11.0. The van der Waals surface area contributed by atoms with E-state index in [0.717, 1.165) is 5.56 Å². The van der Waals surface area contributed by atoms with Crippen LogP contribution in [0.4, 0.5) is 0 Å². The van der Waals surface area contributed by atoms with Gasteiger partial charge in [0, 0.05) is 9.99 Å². The molecule has 0 heterocycles. The first-order chi connectivity index (χ1) is 7.77. The molecule has 0 spiro atoms. The van der Waals surface area contributed by atoms with E-state index in [9.17, 15) is 5.11 Å². The molecule has 1 unspecified atom stereocenters. The fourth-order valence-corrected chi connectivity index (χ4v) is 2.27. The van der Waals surface area contributed by atoms with Crippen molar-refractivity contribution >= 4 is 22.6 Å². The maximum Gasteiger partial charge on any atom is 0.0830 e. The number of benzene rings is 2. The number of hydrogen-bond donors (Lipinski definition) is 1. The number of aliphatic hydroxyl groups excluding tert-OH is 1. The fraction of sp³-hybridized carbons (Fsp3) is 0.143. The Hall–Kier alpha value is -0.870. The van der Waals surface area contributed by atoms with Crippen LogP contribution in [-0.2, 0) is 6.42 Å². The van der Waals surface area contributed by atoms with Gasteiger partial charge in [0.1, 0.15) is 0 Å². The number of hydrogen-bond acceptors (Lipinski definition) is 1. The first kappa shape index (κ1) is 11.6. The van der Waals surface area contributed by atoms with Crippen LogP contribution in [0.15, 0.2) is 54.6 Å². The topological polar surface area (TPSA) is 20.2 Å². The summed E-state index contributed by atoms with van der Waals surface area (Å²) in [7, 11) is 0. The highest BCUT2D eigenvalue weighted by Gasteiger charge is 2.09. The van der Waals surface area contributed by atoms with E-state index in [0.29, 0.717) is 6.42 Å². The summed E-state index contributed by atoms with van der Waals surface area (Å²) in [6, 6.07) is 17.9. The number of rotatable bonds is 3. The fourth-order valence-electron chi connectivity index (χ4n) is 1.67. The van der Waals surface area contributed by atoms with Crippen molar-refractivity contribution in [3.05, 3.63) is 69.3 Å². The van der Waals surface area contributed by atoms with Crippen LogP contribution in [0.3, 0.4) is 0 Å². The minimum atomic E-state index is -0.419. The van der Waals surface area contributed by atoms with Crippen molar-refractivity contribution in [1.82, 2.24) is 0 Å². The van der Waals surface area contributed by atoms with E-state index in [1.54, 1.807) is 0 Å². The van der Waals surface area contributed by atoms with Crippen LogP contribution in [0.5, 0.6) is 0 Å². The number of halogens is 1. The maximum atomic E-state index is 10.1. The molecule has 1 atom stereocenters. The molecule has 0 fully saturated rings. The second-order valence-corrected chi connectivity index (χ2v) is 4.88. The van der Waals surface area contributed by atoms with Crippen molar-refractivity contribution in [3.8, 4) is 0 Å². The van der Waals surface area contributed by atoms with E-state index in [1.807, 2.05) is 42.5 Å². The van der Waals surface area contributed by atoms with Gasteiger partial charge in [0.2, 0.25) is 0 Å². The van der Waals surface area contributed by atoms with Gasteiger partial charge >= 0.3 is 0 Å². The smallest absolute Gasteiger partial charge is 0.0830 e. The summed E-state index contributed by atoms with van der Waals surface area (Å²) in [4.78, 5) is 0. The van der Waals surface area contributed by atoms with Crippen molar-refractivity contribution in [2.24, 2.45) is 0 Å². The average molecular weight is 324 g/mol. The Kier molecular flexibility index (Phi) is 3.96. The van der Waals surface area contributed by atoms with Crippen molar-refractivity contribution in [1.29, 1.82) is 0 Å². The van der Waals surface area contributed by atoms with E-state index in [4.69, 9.17) is 0 Å². The maximum absolute atomic E-state index is 10.1. The lowest BCUT2D eigenvalue weighted by atomic mass is 10.0. The molecular weight excluding hydrogens is 311 g/mol. The summed E-state index contributed by atoms with van der Waals surface area (Å²) in [6.07, 6.45) is 0.250. The third kappa shape index (κ3) is 2.83. The van der Waals surface area contributed by atoms with Gasteiger partial charge in [0.25, 0.3) is 0 Å². The summed E-state index contributed by atoms with van der Waals surface area (Å²) in [6.45, 7) is 0. The Morgan fingerprint density at radius 2 is 1.56 bits per heavy atom. The summed E-state index contributed by atoms with van der Waals surface area (Å²) in [5.41, 5.74) is 2.17. The average Bonchev–Trinajstić information content (AvgIpc) is 2.33. The van der Waals surface area contributed by atoms with Crippen LogP contribution in [0.1, 0.15) is 17.2 Å². The third-order valence-corrected chi connectivity index (χ3v) is 3.61. The van der Waals surface area contributed by atoms with Crippen LogP contribution in [0.2, 0.25) is 0 Å². The zero-order chi connectivity index (χ0) is 11.4. The van der Waals surface area contributed by atoms with Crippen molar-refractivity contribution in [3.63, 3.8) is 0 Å². The lowest BCUT2D eigenvalue weighted by Gasteiger charge is -2.12. The predicted octanol–water partition coefficient (Wildman–Crippen LogP) is 3.57. The van der Waals surface area contributed by atoms with E-state index in [-0.39, 0.29) is 0 Å². The van der Waals surface area contributed by atoms with Gasteiger partial charge in [0.15, 0.2) is 0 Å². The molecule has 0 aliphatic heterocycles. The summed E-state index contributed by atoms with van der Waals surface area (Å²) in [5.74, 6) is 0. The van der Waals surface area contributed by atoms with E-state index < -0.39 is 6.10 Å². The van der Waals surface area contributed by atoms with E-state index in [2.05, 4.69) is 34.7 Å². The molecule has 1 N–H and O–H groups in total. The van der Waals surface area contributed by atoms with Crippen LogP contribution < -0.4 is 0 Å². The van der Waals surface area contributed by atoms with Crippen LogP contribution in [0.25, 0.3) is 0 Å². The number of aliphatic hydroxyl groups is 1. The molecule has 0 amide bonds. The SMILES string of the molecule is OC(Cc1ccccc1I)c1ccccc1. The highest BCUT2D eigenvalue weighted by Crippen LogP contribution is 2.21. The van der Waals surface area contributed by atoms with Crippen molar-refractivity contribution in [2.75, 3.05) is 0 Å². The molecule has 0 saturated heterocycles. The quantitative estimate of drug-likeness (QED) is 0.856. The van der Waals surface area contributed by atoms with Gasteiger partial charge in [-0.3, -0.25) is 0 Å². The Labute approximate surface area is 109 Å². The summed E-state index contributed by atoms with van der Waals surface area (Å²) in [5, 5.41) is 10.1. The zero-order valence-electron chi connectivity index (χ0n) is 8.81. The third-order valence-electron chi connectivity index (χ3n) is 2.56. The molecule has 82 valence electrons. The Morgan fingerprint density at radius 3 is 2.25 bits per heavy atom. The molecule has 0 aliphatic carbocycles. The normalized spacial score (nSPS) is 12.4. The van der Waals surface area contributed by atoms with Crippen molar-refractivity contribution < 1.29 is 5.11 Å². The van der Waals surface area contributed by atoms with Crippen LogP contribution in [-0.4, -0.2) is 5.11 Å². The first-order valence-corrected chi connectivity index (χ1v) is 6.31. The Morgan fingerprint density at radius 1 is 0.938 bits per heavy atom. The predicted molar refractivity (Wildman–Crippen MR) is 74.3 cm³/mol. The van der Waals surface area contributed by atoms with Gasteiger partial charge in [-0.25, -0.2) is 0 Å². The molecule has 2 heteroatoms. The standard InChI is InChI=1S/C14H13IO/c15-13-9-5-4-8-12(13)10-14(16)11-6-2-1-3-7-11/h1-9,14,16H,10H2. The molecule has 0 bridgehead atoms. The monoisotopic (exact) mass is 324 g/mol. The highest BCUT2D eigenvalue weighted by atomic mass is 127. The molecule has 2 aromatic carbocycles. The molecule has 2 aromatic rings. The molecule has 0 radical (unpaired) electrons. The summed E-state index contributed by atoms with van der Waals surface area (Å²) < 4.78 is 1.20.